The van der Waals surface area contributed by atoms with Crippen LogP contribution in [0.15, 0.2) is 47.6 Å². The van der Waals surface area contributed by atoms with Crippen LogP contribution >= 0.6 is 11.8 Å². The molecule has 1 N–H and O–H groups in total. The number of tetrazole rings is 1. The Morgan fingerprint density at radius 2 is 1.90 bits per heavy atom. The Morgan fingerprint density at radius 1 is 1.17 bits per heavy atom. The van der Waals surface area contributed by atoms with Crippen molar-refractivity contribution in [1.82, 2.24) is 20.2 Å². The molecular weight excluding hydrogens is 407 g/mol. The van der Waals surface area contributed by atoms with E-state index in [4.69, 9.17) is 0 Å². The first-order chi connectivity index (χ1) is 13.7. The van der Waals surface area contributed by atoms with E-state index in [-0.39, 0.29) is 17.4 Å². The highest BCUT2D eigenvalue weighted by Crippen LogP contribution is 2.25. The van der Waals surface area contributed by atoms with Crippen LogP contribution in [0.4, 0.5) is 18.9 Å². The van der Waals surface area contributed by atoms with Gasteiger partial charge in [0.05, 0.1) is 11.4 Å². The zero-order chi connectivity index (χ0) is 21.0. The summed E-state index contributed by atoms with van der Waals surface area (Å²) in [5.74, 6) is -0.521. The predicted molar refractivity (Wildman–Crippen MR) is 101 cm³/mol. The topological polar surface area (TPSA) is 81.9 Å². The number of carbonyl (C=O) groups excluding carboxylic acids is 1. The maximum Gasteiger partial charge on any atom is 0.573 e. The third-order valence-electron chi connectivity index (χ3n) is 3.97. The number of benzene rings is 2. The fourth-order valence-corrected chi connectivity index (χ4v) is 3.11. The molecule has 0 aliphatic carbocycles. The molecule has 0 spiro atoms. The number of thioether (sulfide) groups is 1. The van der Waals surface area contributed by atoms with E-state index < -0.39 is 6.36 Å². The lowest BCUT2D eigenvalue weighted by molar-refractivity contribution is -0.274. The fourth-order valence-electron chi connectivity index (χ4n) is 2.42. The molecule has 11 heteroatoms. The number of ether oxygens (including phenoxy) is 1. The average Bonchev–Trinajstić information content (AvgIpc) is 3.12. The molecule has 152 valence electrons. The predicted octanol–water partition coefficient (Wildman–Crippen LogP) is 3.91. The molecule has 0 aliphatic heterocycles. The van der Waals surface area contributed by atoms with Gasteiger partial charge in [-0.05, 0) is 65.7 Å². The van der Waals surface area contributed by atoms with E-state index in [0.717, 1.165) is 40.7 Å². The maximum absolute atomic E-state index is 12.3. The monoisotopic (exact) mass is 423 g/mol. The Labute approximate surface area is 168 Å². The molecule has 0 fully saturated rings. The number of nitrogens with one attached hydrogen (secondary N) is 1. The zero-order valence-electron chi connectivity index (χ0n) is 15.4. The molecule has 2 aromatic carbocycles. The molecule has 3 rings (SSSR count). The van der Waals surface area contributed by atoms with Gasteiger partial charge in [-0.25, -0.2) is 0 Å². The van der Waals surface area contributed by atoms with Crippen LogP contribution in [-0.2, 0) is 4.79 Å². The van der Waals surface area contributed by atoms with Crippen molar-refractivity contribution in [2.24, 2.45) is 0 Å². The van der Waals surface area contributed by atoms with Gasteiger partial charge >= 0.3 is 6.36 Å². The van der Waals surface area contributed by atoms with Gasteiger partial charge in [0.25, 0.3) is 0 Å². The van der Waals surface area contributed by atoms with E-state index in [1.54, 1.807) is 0 Å². The van der Waals surface area contributed by atoms with Crippen LogP contribution in [0.3, 0.4) is 0 Å². The minimum Gasteiger partial charge on any atom is -0.406 e. The Kier molecular flexibility index (Phi) is 6.06. The molecule has 3 aromatic rings. The molecule has 0 saturated carbocycles. The standard InChI is InChI=1S/C18H16F3N5O2S/c1-11-4-3-5-15(12(11)2)22-16(27)10-29-17-23-24-25-26(17)13-6-8-14(9-7-13)28-18(19,20)21/h3-9H,10H2,1-2H3,(H,22,27). The normalized spacial score (nSPS) is 11.3. The van der Waals surface area contributed by atoms with E-state index >= 15 is 0 Å². The smallest absolute Gasteiger partial charge is 0.406 e. The minimum absolute atomic E-state index is 0.0586. The van der Waals surface area contributed by atoms with Crippen molar-refractivity contribution < 1.29 is 22.7 Å². The lowest BCUT2D eigenvalue weighted by Gasteiger charge is -2.10. The van der Waals surface area contributed by atoms with E-state index in [0.29, 0.717) is 10.8 Å². The summed E-state index contributed by atoms with van der Waals surface area (Å²) in [6, 6.07) is 10.7. The van der Waals surface area contributed by atoms with Crippen molar-refractivity contribution in [2.45, 2.75) is 25.4 Å². The van der Waals surface area contributed by atoms with Gasteiger partial charge in [-0.2, -0.15) is 4.68 Å². The number of amides is 1. The van der Waals surface area contributed by atoms with Crippen LogP contribution in [0.5, 0.6) is 5.75 Å². The third-order valence-corrected chi connectivity index (χ3v) is 4.89. The first-order valence-corrected chi connectivity index (χ1v) is 9.35. The summed E-state index contributed by atoms with van der Waals surface area (Å²) in [6.45, 7) is 3.88. The second-order valence-corrected chi connectivity index (χ2v) is 6.94. The molecule has 7 nitrogen and oxygen atoms in total. The molecule has 0 aliphatic rings. The molecule has 1 amide bonds. The van der Waals surface area contributed by atoms with Gasteiger partial charge in [0, 0.05) is 5.69 Å². The Hall–Kier alpha value is -3.08. The number of halogens is 3. The van der Waals surface area contributed by atoms with Crippen molar-refractivity contribution in [3.05, 3.63) is 53.6 Å². The molecule has 0 unspecified atom stereocenters. The number of nitrogens with zero attached hydrogens (tertiary/aromatic N) is 4. The molecular formula is C18H16F3N5O2S. The lowest BCUT2D eigenvalue weighted by Crippen LogP contribution is -2.17. The van der Waals surface area contributed by atoms with Gasteiger partial charge in [0.2, 0.25) is 11.1 Å². The fraction of sp³-hybridized carbons (Fsp3) is 0.222. The van der Waals surface area contributed by atoms with Gasteiger partial charge < -0.3 is 10.1 Å². The van der Waals surface area contributed by atoms with Crippen molar-refractivity contribution in [3.63, 3.8) is 0 Å². The van der Waals surface area contributed by atoms with Gasteiger partial charge in [-0.1, -0.05) is 23.9 Å². The van der Waals surface area contributed by atoms with Gasteiger partial charge in [-0.3, -0.25) is 4.79 Å². The molecule has 0 bridgehead atoms. The third kappa shape index (κ3) is 5.47. The van der Waals surface area contributed by atoms with Gasteiger partial charge in [0.1, 0.15) is 5.75 Å². The largest absolute Gasteiger partial charge is 0.573 e. The summed E-state index contributed by atoms with van der Waals surface area (Å²) in [6.07, 6.45) is -4.76. The van der Waals surface area contributed by atoms with E-state index in [1.807, 2.05) is 32.0 Å². The molecule has 1 aromatic heterocycles. The quantitative estimate of drug-likeness (QED) is 0.606. The first kappa shape index (κ1) is 20.6. The summed E-state index contributed by atoms with van der Waals surface area (Å²) in [5.41, 5.74) is 3.21. The van der Waals surface area contributed by atoms with Crippen LogP contribution in [0.2, 0.25) is 0 Å². The Morgan fingerprint density at radius 3 is 2.59 bits per heavy atom. The van der Waals surface area contributed by atoms with Crippen LogP contribution in [-0.4, -0.2) is 38.2 Å². The molecule has 0 radical (unpaired) electrons. The highest BCUT2D eigenvalue weighted by atomic mass is 32.2. The number of anilines is 1. The summed E-state index contributed by atoms with van der Waals surface area (Å²) in [7, 11) is 0. The zero-order valence-corrected chi connectivity index (χ0v) is 16.2. The summed E-state index contributed by atoms with van der Waals surface area (Å²) >= 11 is 1.10. The van der Waals surface area contributed by atoms with Crippen molar-refractivity contribution >= 4 is 23.4 Å². The van der Waals surface area contributed by atoms with Crippen LogP contribution in [0.25, 0.3) is 5.69 Å². The van der Waals surface area contributed by atoms with E-state index in [2.05, 4.69) is 25.6 Å². The van der Waals surface area contributed by atoms with Crippen LogP contribution in [0, 0.1) is 13.8 Å². The maximum atomic E-state index is 12.3. The van der Waals surface area contributed by atoms with Crippen LogP contribution < -0.4 is 10.1 Å². The highest BCUT2D eigenvalue weighted by Gasteiger charge is 2.31. The van der Waals surface area contributed by atoms with E-state index in [9.17, 15) is 18.0 Å². The average molecular weight is 423 g/mol. The highest BCUT2D eigenvalue weighted by molar-refractivity contribution is 7.99. The Balaban J connectivity index is 1.64. The molecule has 29 heavy (non-hydrogen) atoms. The van der Waals surface area contributed by atoms with Crippen molar-refractivity contribution in [1.29, 1.82) is 0 Å². The molecule has 0 saturated heterocycles. The Bertz CT molecular complexity index is 1010. The summed E-state index contributed by atoms with van der Waals surface area (Å²) in [5, 5.41) is 14.4. The molecule has 0 atom stereocenters. The first-order valence-electron chi connectivity index (χ1n) is 8.36. The van der Waals surface area contributed by atoms with E-state index in [1.165, 1.54) is 16.8 Å². The second-order valence-electron chi connectivity index (χ2n) is 6.00. The van der Waals surface area contributed by atoms with Crippen molar-refractivity contribution in [3.8, 4) is 11.4 Å². The van der Waals surface area contributed by atoms with Crippen LogP contribution in [0.1, 0.15) is 11.1 Å². The summed E-state index contributed by atoms with van der Waals surface area (Å²) in [4.78, 5) is 12.3. The number of carbonyl (C=O) groups is 1. The van der Waals surface area contributed by atoms with Gasteiger partial charge in [0.15, 0.2) is 0 Å². The molecule has 1 heterocycles. The number of hydrogen-bond acceptors (Lipinski definition) is 6. The number of rotatable bonds is 6. The minimum atomic E-state index is -4.76. The number of hydrogen-bond donors (Lipinski definition) is 1. The number of alkyl halides is 3. The number of aryl methyl sites for hydroxylation is 1. The van der Waals surface area contributed by atoms with Gasteiger partial charge in [-0.15, -0.1) is 18.3 Å². The SMILES string of the molecule is Cc1cccc(NC(=O)CSc2nnnn2-c2ccc(OC(F)(F)F)cc2)c1C. The lowest BCUT2D eigenvalue weighted by atomic mass is 10.1. The number of aromatic nitrogens is 4. The second kappa shape index (κ2) is 8.52. The van der Waals surface area contributed by atoms with Crippen molar-refractivity contribution in [2.75, 3.05) is 11.1 Å². The summed E-state index contributed by atoms with van der Waals surface area (Å²) < 4.78 is 41.9.